The first-order valence-corrected chi connectivity index (χ1v) is 26.2. The maximum absolute atomic E-state index is 7.64. The average molecular weight is 891 g/mol. The molecule has 11 aromatic rings. The van der Waals surface area contributed by atoms with Gasteiger partial charge in [0, 0.05) is 11.1 Å². The molecule has 0 saturated carbocycles. The summed E-state index contributed by atoms with van der Waals surface area (Å²) in [7, 11) is 0. The van der Waals surface area contributed by atoms with Crippen LogP contribution in [0.4, 0.5) is 22.7 Å². The van der Waals surface area contributed by atoms with Gasteiger partial charge in [-0.3, -0.25) is 0 Å². The zero-order valence-corrected chi connectivity index (χ0v) is 37.8. The first kappa shape index (κ1) is 39.7. The molecular weight excluding hydrogens is 847 g/mol. The summed E-state index contributed by atoms with van der Waals surface area (Å²) in [6, 6.07) is 94.4. The Labute approximate surface area is 383 Å². The van der Waals surface area contributed by atoms with Crippen molar-refractivity contribution < 1.29 is 0 Å². The average Bonchev–Trinajstić information content (AvgIpc) is 3.72. The predicted octanol–water partition coefficient (Wildman–Crippen LogP) is 13.5. The molecule has 1 heterocycles. The van der Waals surface area contributed by atoms with Crippen molar-refractivity contribution >= 4 is 75.4 Å². The molecule has 0 aliphatic heterocycles. The zero-order chi connectivity index (χ0) is 43.6. The number of benzene rings is 10. The van der Waals surface area contributed by atoms with Crippen LogP contribution in [0.15, 0.2) is 261 Å². The van der Waals surface area contributed by atoms with Crippen LogP contribution in [0.5, 0.6) is 0 Å². The Morgan fingerprint density at radius 2 is 0.738 bits per heavy atom. The monoisotopic (exact) mass is 891 g/mol. The van der Waals surface area contributed by atoms with Crippen molar-refractivity contribution in [1.29, 1.82) is 0 Å². The Morgan fingerprint density at radius 1 is 0.338 bits per heavy atom. The first-order valence-electron chi connectivity index (χ1n) is 22.0. The molecule has 0 amide bonds. The van der Waals surface area contributed by atoms with Crippen LogP contribution in [0.3, 0.4) is 0 Å². The second kappa shape index (κ2) is 17.2. The van der Waals surface area contributed by atoms with E-state index in [2.05, 4.69) is 251 Å². The summed E-state index contributed by atoms with van der Waals surface area (Å²) >= 11 is -3.37. The van der Waals surface area contributed by atoms with E-state index in [1.165, 1.54) is 45.0 Å². The van der Waals surface area contributed by atoms with E-state index in [1.807, 2.05) is 24.3 Å². The van der Waals surface area contributed by atoms with Crippen LogP contribution in [-0.2, 0) is 0 Å². The van der Waals surface area contributed by atoms with E-state index in [4.69, 9.17) is 6.57 Å². The summed E-state index contributed by atoms with van der Waals surface area (Å²) in [6.07, 6.45) is 0. The van der Waals surface area contributed by atoms with Gasteiger partial charge in [0.1, 0.15) is 0 Å². The van der Waals surface area contributed by atoms with Crippen LogP contribution < -0.4 is 22.5 Å². The number of fused-ring (bicyclic) bond motifs is 3. The maximum atomic E-state index is 7.64. The quantitative estimate of drug-likeness (QED) is 0.0984. The molecule has 1 aromatic heterocycles. The van der Waals surface area contributed by atoms with E-state index in [9.17, 15) is 0 Å². The zero-order valence-electron chi connectivity index (χ0n) is 35.7. The van der Waals surface area contributed by atoms with Crippen LogP contribution >= 0.6 is 0 Å². The number of nitrogens with zero attached hydrogens (tertiary/aromatic N) is 3. The molecule has 0 bridgehead atoms. The van der Waals surface area contributed by atoms with Gasteiger partial charge in [-0.05, 0) is 29.3 Å². The fourth-order valence-electron chi connectivity index (χ4n) is 9.72. The van der Waals surface area contributed by atoms with Gasteiger partial charge in [0.05, 0.1) is 17.6 Å². The molecule has 0 fully saturated rings. The first-order chi connectivity index (χ1) is 32.2. The molecule has 0 atom stereocenters. The van der Waals surface area contributed by atoms with Crippen molar-refractivity contribution in [3.05, 3.63) is 272 Å². The van der Waals surface area contributed by atoms with Gasteiger partial charge < -0.3 is 4.57 Å². The number of hydrogen-bond acceptors (Lipinski definition) is 1. The summed E-state index contributed by atoms with van der Waals surface area (Å²) in [5.41, 5.74) is 11.8. The number of aromatic nitrogens is 1. The molecule has 0 aliphatic carbocycles. The number of para-hydroxylation sites is 1. The van der Waals surface area contributed by atoms with Gasteiger partial charge >= 0.3 is 251 Å². The van der Waals surface area contributed by atoms with E-state index in [1.54, 1.807) is 0 Å². The summed E-state index contributed by atoms with van der Waals surface area (Å²) in [5, 5.41) is 2.37. The third kappa shape index (κ3) is 7.21. The Balaban J connectivity index is 0.980. The van der Waals surface area contributed by atoms with E-state index in [0.717, 1.165) is 39.3 Å². The molecule has 65 heavy (non-hydrogen) atoms. The summed E-state index contributed by atoms with van der Waals surface area (Å²) in [4.78, 5) is 5.99. The van der Waals surface area contributed by atoms with Gasteiger partial charge in [0.15, 0.2) is 5.69 Å². The van der Waals surface area contributed by atoms with Crippen molar-refractivity contribution in [2.24, 2.45) is 0 Å². The van der Waals surface area contributed by atoms with Crippen LogP contribution in [0.2, 0.25) is 0 Å². The van der Waals surface area contributed by atoms with Crippen LogP contribution in [0.1, 0.15) is 0 Å². The standard InChI is InChI=1S/C61H43GeN3/c1-63-53-34-40-55(41-35-53)64(57-42-43-61-59(44-57)58-24-14-15-25-60(58)65(61)56-38-30-47(31-39-56)45-16-6-2-7-17-45)54-36-28-48(29-37-54)46-26-32-52(33-27-46)62(49-18-8-3-9-19-49,50-20-10-4-11-21-50)51-22-12-5-13-23-51/h2-44H. The number of rotatable bonds is 10. The van der Waals surface area contributed by atoms with Gasteiger partial charge in [-0.1, -0.05) is 60.7 Å². The Morgan fingerprint density at radius 3 is 1.28 bits per heavy atom. The third-order valence-corrected chi connectivity index (χ3v) is 22.8. The van der Waals surface area contributed by atoms with Crippen LogP contribution in [0, 0.1) is 6.57 Å². The summed E-state index contributed by atoms with van der Waals surface area (Å²) in [6.45, 7) is 7.64. The van der Waals surface area contributed by atoms with E-state index in [0.29, 0.717) is 5.69 Å². The minimum atomic E-state index is -3.37. The van der Waals surface area contributed by atoms with Crippen molar-refractivity contribution in [2.45, 2.75) is 0 Å². The normalized spacial score (nSPS) is 11.4. The Hall–Kier alpha value is -8.17. The molecule has 0 spiro atoms. The summed E-state index contributed by atoms with van der Waals surface area (Å²) in [5.74, 6) is 0. The van der Waals surface area contributed by atoms with E-state index < -0.39 is 13.3 Å². The Kier molecular flexibility index (Phi) is 10.5. The van der Waals surface area contributed by atoms with Gasteiger partial charge in [-0.25, -0.2) is 4.85 Å². The predicted molar refractivity (Wildman–Crippen MR) is 276 cm³/mol. The molecule has 0 unspecified atom stereocenters. The van der Waals surface area contributed by atoms with Crippen molar-refractivity contribution in [3.8, 4) is 27.9 Å². The van der Waals surface area contributed by atoms with Gasteiger partial charge in [0.2, 0.25) is 0 Å². The van der Waals surface area contributed by atoms with Crippen molar-refractivity contribution in [2.75, 3.05) is 4.90 Å². The molecule has 306 valence electrons. The van der Waals surface area contributed by atoms with Gasteiger partial charge in [-0.2, -0.15) is 0 Å². The molecule has 3 nitrogen and oxygen atoms in total. The van der Waals surface area contributed by atoms with Crippen LogP contribution in [0.25, 0.3) is 54.6 Å². The minimum absolute atomic E-state index is 0.615. The second-order valence-electron chi connectivity index (χ2n) is 16.4. The van der Waals surface area contributed by atoms with Crippen molar-refractivity contribution in [1.82, 2.24) is 4.57 Å². The number of hydrogen-bond donors (Lipinski definition) is 0. The third-order valence-electron chi connectivity index (χ3n) is 12.8. The Bertz CT molecular complexity index is 3340. The fourth-order valence-corrected chi connectivity index (χ4v) is 19.7. The molecule has 4 heteroatoms. The summed E-state index contributed by atoms with van der Waals surface area (Å²) < 4.78 is 7.99. The SMILES string of the molecule is [C-]#[N+]c1ccc(N(c2ccc(-c3cc[c]([Ge]([c]4ccccc4)([c]4ccccc4)[c]4ccccc4)cc3)cc2)c2ccc3c(c2)c2ccccc2n3-c2ccc(-c3ccccc3)cc2)cc1. The van der Waals surface area contributed by atoms with Crippen molar-refractivity contribution in [3.63, 3.8) is 0 Å². The van der Waals surface area contributed by atoms with Crippen LogP contribution in [-0.4, -0.2) is 17.8 Å². The molecule has 10 aromatic carbocycles. The fraction of sp³-hybridized carbons (Fsp3) is 0. The van der Waals surface area contributed by atoms with Gasteiger partial charge in [0.25, 0.3) is 0 Å². The van der Waals surface area contributed by atoms with E-state index in [-0.39, 0.29) is 0 Å². The second-order valence-corrected chi connectivity index (χ2v) is 24.4. The number of anilines is 3. The molecule has 0 saturated heterocycles. The van der Waals surface area contributed by atoms with E-state index >= 15 is 0 Å². The molecular formula is C61H43GeN3. The molecule has 0 aliphatic rings. The van der Waals surface area contributed by atoms with Gasteiger partial charge in [-0.15, -0.1) is 0 Å². The molecule has 0 N–H and O–H groups in total. The molecule has 0 radical (unpaired) electrons. The molecule has 11 rings (SSSR count). The topological polar surface area (TPSA) is 12.5 Å².